The smallest absolute Gasteiger partial charge is 0.241 e. The van der Waals surface area contributed by atoms with E-state index >= 15 is 0 Å². The molecule has 1 N–H and O–H groups in total. The summed E-state index contributed by atoms with van der Waals surface area (Å²) in [4.78, 5) is 14.4. The molecule has 2 rings (SSSR count). The Morgan fingerprint density at radius 2 is 2.22 bits per heavy atom. The fourth-order valence-corrected chi connectivity index (χ4v) is 5.26. The van der Waals surface area contributed by atoms with Crippen molar-refractivity contribution in [2.45, 2.75) is 44.6 Å². The van der Waals surface area contributed by atoms with Crippen molar-refractivity contribution in [2.24, 2.45) is 5.92 Å². The highest BCUT2D eigenvalue weighted by Gasteiger charge is 2.37. The summed E-state index contributed by atoms with van der Waals surface area (Å²) in [7, 11) is 0. The standard InChI is InChI=1S/C13H24N2OS2/c1-9(2)6-12-13(16)15(10(3)14-12)7-11-8-17-4-5-18-11/h9-12,14H,4-8H2,1-3H3. The lowest BCUT2D eigenvalue weighted by molar-refractivity contribution is -0.130. The van der Waals surface area contributed by atoms with E-state index in [1.54, 1.807) is 0 Å². The largest absolute Gasteiger partial charge is 0.325 e. The van der Waals surface area contributed by atoms with Crippen molar-refractivity contribution in [1.82, 2.24) is 10.2 Å². The van der Waals surface area contributed by atoms with E-state index < -0.39 is 0 Å². The minimum atomic E-state index is 0.0428. The first-order chi connectivity index (χ1) is 8.58. The number of carbonyl (C=O) groups is 1. The molecular formula is C13H24N2OS2. The van der Waals surface area contributed by atoms with Gasteiger partial charge < -0.3 is 4.90 Å². The topological polar surface area (TPSA) is 32.3 Å². The van der Waals surface area contributed by atoms with Crippen LogP contribution in [-0.2, 0) is 4.79 Å². The van der Waals surface area contributed by atoms with Crippen LogP contribution in [0.3, 0.4) is 0 Å². The molecule has 5 heteroatoms. The van der Waals surface area contributed by atoms with Crippen LogP contribution < -0.4 is 5.32 Å². The SMILES string of the molecule is CC(C)CC1NC(C)N(CC2CSCCS2)C1=O. The van der Waals surface area contributed by atoms with E-state index in [0.29, 0.717) is 17.1 Å². The third-order valence-electron chi connectivity index (χ3n) is 3.48. The van der Waals surface area contributed by atoms with Gasteiger partial charge in [-0.25, -0.2) is 0 Å². The summed E-state index contributed by atoms with van der Waals surface area (Å²) in [5.41, 5.74) is 0. The number of rotatable bonds is 4. The van der Waals surface area contributed by atoms with E-state index in [2.05, 4.69) is 31.0 Å². The molecule has 2 saturated heterocycles. The second-order valence-corrected chi connectivity index (χ2v) is 8.14. The highest BCUT2D eigenvalue weighted by Crippen LogP contribution is 2.26. The van der Waals surface area contributed by atoms with Crippen LogP contribution in [0.15, 0.2) is 0 Å². The first kappa shape index (κ1) is 14.5. The number of amides is 1. The summed E-state index contributed by atoms with van der Waals surface area (Å²) in [5.74, 6) is 4.56. The van der Waals surface area contributed by atoms with Crippen LogP contribution in [0.2, 0.25) is 0 Å². The van der Waals surface area contributed by atoms with Crippen LogP contribution >= 0.6 is 23.5 Å². The van der Waals surface area contributed by atoms with E-state index in [-0.39, 0.29) is 12.2 Å². The van der Waals surface area contributed by atoms with Gasteiger partial charge in [-0.05, 0) is 19.3 Å². The molecule has 2 aliphatic heterocycles. The summed E-state index contributed by atoms with van der Waals surface area (Å²) in [6.07, 6.45) is 1.15. The Morgan fingerprint density at radius 3 is 2.83 bits per heavy atom. The zero-order valence-electron chi connectivity index (χ0n) is 11.5. The summed E-state index contributed by atoms with van der Waals surface area (Å²) in [6.45, 7) is 7.38. The lowest BCUT2D eigenvalue weighted by Gasteiger charge is -2.28. The van der Waals surface area contributed by atoms with Gasteiger partial charge in [0.15, 0.2) is 0 Å². The van der Waals surface area contributed by atoms with Gasteiger partial charge in [0.2, 0.25) is 5.91 Å². The number of carbonyl (C=O) groups excluding carboxylic acids is 1. The van der Waals surface area contributed by atoms with Gasteiger partial charge in [-0.3, -0.25) is 10.1 Å². The van der Waals surface area contributed by atoms with Crippen LogP contribution in [-0.4, -0.2) is 52.1 Å². The summed E-state index contributed by atoms with van der Waals surface area (Å²) >= 11 is 4.05. The van der Waals surface area contributed by atoms with Gasteiger partial charge in [-0.15, -0.1) is 0 Å². The molecule has 0 bridgehead atoms. The van der Waals surface area contributed by atoms with Gasteiger partial charge in [0, 0.05) is 29.1 Å². The summed E-state index contributed by atoms with van der Waals surface area (Å²) in [5, 5.41) is 4.06. The van der Waals surface area contributed by atoms with Gasteiger partial charge in [0.05, 0.1) is 12.2 Å². The third kappa shape index (κ3) is 3.58. The molecule has 2 aliphatic rings. The van der Waals surface area contributed by atoms with E-state index in [0.717, 1.165) is 13.0 Å². The number of nitrogens with one attached hydrogen (secondary N) is 1. The average molecular weight is 288 g/mol. The fourth-order valence-electron chi connectivity index (χ4n) is 2.59. The molecule has 18 heavy (non-hydrogen) atoms. The molecule has 0 spiro atoms. The fraction of sp³-hybridized carbons (Fsp3) is 0.923. The molecule has 1 amide bonds. The highest BCUT2D eigenvalue weighted by atomic mass is 32.2. The second kappa shape index (κ2) is 6.53. The molecule has 104 valence electrons. The molecule has 2 fully saturated rings. The first-order valence-corrected chi connectivity index (χ1v) is 9.04. The lowest BCUT2D eigenvalue weighted by atomic mass is 10.0. The Morgan fingerprint density at radius 1 is 1.44 bits per heavy atom. The van der Waals surface area contributed by atoms with E-state index in [1.165, 1.54) is 17.3 Å². The number of hydrogen-bond acceptors (Lipinski definition) is 4. The number of nitrogens with zero attached hydrogens (tertiary/aromatic N) is 1. The molecule has 3 atom stereocenters. The first-order valence-electron chi connectivity index (χ1n) is 6.83. The monoisotopic (exact) mass is 288 g/mol. The van der Waals surface area contributed by atoms with Gasteiger partial charge in [-0.2, -0.15) is 23.5 Å². The Balaban J connectivity index is 1.89. The normalized spacial score (nSPS) is 33.4. The summed E-state index contributed by atoms with van der Waals surface area (Å²) < 4.78 is 0. The average Bonchev–Trinajstić information content (AvgIpc) is 2.58. The van der Waals surface area contributed by atoms with Crippen molar-refractivity contribution in [3.63, 3.8) is 0 Å². The second-order valence-electron chi connectivity index (χ2n) is 5.58. The summed E-state index contributed by atoms with van der Waals surface area (Å²) in [6, 6.07) is 0.0428. The number of thioether (sulfide) groups is 2. The van der Waals surface area contributed by atoms with E-state index in [1.807, 2.05) is 23.5 Å². The maximum Gasteiger partial charge on any atom is 0.241 e. The van der Waals surface area contributed by atoms with Crippen LogP contribution in [0.1, 0.15) is 27.2 Å². The predicted molar refractivity (Wildman–Crippen MR) is 81.1 cm³/mol. The molecule has 0 saturated carbocycles. The zero-order valence-corrected chi connectivity index (χ0v) is 13.1. The molecule has 0 aliphatic carbocycles. The minimum absolute atomic E-state index is 0.0428. The number of hydrogen-bond donors (Lipinski definition) is 1. The van der Waals surface area contributed by atoms with E-state index in [9.17, 15) is 4.79 Å². The van der Waals surface area contributed by atoms with Gasteiger partial charge in [0.25, 0.3) is 0 Å². The molecule has 0 aromatic heterocycles. The molecule has 0 aromatic rings. The minimum Gasteiger partial charge on any atom is -0.325 e. The van der Waals surface area contributed by atoms with Crippen LogP contribution in [0.5, 0.6) is 0 Å². The van der Waals surface area contributed by atoms with Crippen molar-refractivity contribution < 1.29 is 4.79 Å². The van der Waals surface area contributed by atoms with Crippen LogP contribution in [0.25, 0.3) is 0 Å². The van der Waals surface area contributed by atoms with Crippen molar-refractivity contribution in [3.8, 4) is 0 Å². The van der Waals surface area contributed by atoms with Gasteiger partial charge in [-0.1, -0.05) is 13.8 Å². The predicted octanol–water partition coefficient (Wildman–Crippen LogP) is 2.03. The van der Waals surface area contributed by atoms with Crippen molar-refractivity contribution >= 4 is 29.4 Å². The molecule has 3 unspecified atom stereocenters. The lowest BCUT2D eigenvalue weighted by Crippen LogP contribution is -2.40. The molecule has 2 heterocycles. The van der Waals surface area contributed by atoms with Crippen molar-refractivity contribution in [2.75, 3.05) is 23.8 Å². The Hall–Kier alpha value is 0.130. The van der Waals surface area contributed by atoms with E-state index in [4.69, 9.17) is 0 Å². The zero-order chi connectivity index (χ0) is 13.1. The van der Waals surface area contributed by atoms with Crippen LogP contribution in [0.4, 0.5) is 0 Å². The van der Waals surface area contributed by atoms with Gasteiger partial charge in [0.1, 0.15) is 0 Å². The Bertz CT molecular complexity index is 293. The molecule has 3 nitrogen and oxygen atoms in total. The van der Waals surface area contributed by atoms with Gasteiger partial charge >= 0.3 is 0 Å². The quantitative estimate of drug-likeness (QED) is 0.858. The third-order valence-corrected chi connectivity index (χ3v) is 6.31. The van der Waals surface area contributed by atoms with Crippen LogP contribution in [0, 0.1) is 5.92 Å². The molecular weight excluding hydrogens is 264 g/mol. The Kier molecular flexibility index (Phi) is 5.27. The maximum atomic E-state index is 12.4. The maximum absolute atomic E-state index is 12.4. The van der Waals surface area contributed by atoms with Crippen molar-refractivity contribution in [1.29, 1.82) is 0 Å². The molecule has 0 aromatic carbocycles. The highest BCUT2D eigenvalue weighted by molar-refractivity contribution is 8.06. The Labute approximate surface area is 119 Å². The van der Waals surface area contributed by atoms with Crippen molar-refractivity contribution in [3.05, 3.63) is 0 Å². The molecule has 0 radical (unpaired) electrons.